The van der Waals surface area contributed by atoms with Crippen LogP contribution in [0.25, 0.3) is 11.5 Å². The van der Waals surface area contributed by atoms with E-state index in [2.05, 4.69) is 27.2 Å². The van der Waals surface area contributed by atoms with E-state index in [0.29, 0.717) is 17.6 Å². The summed E-state index contributed by atoms with van der Waals surface area (Å²) >= 11 is 0. The normalized spacial score (nSPS) is 18.1. The number of halogens is 1. The second kappa shape index (κ2) is 6.26. The maximum atomic E-state index is 13.0. The molecule has 2 heterocycles. The van der Waals surface area contributed by atoms with E-state index >= 15 is 0 Å². The molecule has 0 saturated heterocycles. The van der Waals surface area contributed by atoms with Crippen LogP contribution in [-0.4, -0.2) is 21.5 Å². The van der Waals surface area contributed by atoms with Crippen molar-refractivity contribution in [1.82, 2.24) is 20.3 Å². The zero-order valence-electron chi connectivity index (χ0n) is 12.1. The molecule has 0 aliphatic heterocycles. The van der Waals surface area contributed by atoms with Crippen LogP contribution in [0.5, 0.6) is 0 Å². The van der Waals surface area contributed by atoms with Crippen molar-refractivity contribution in [3.8, 4) is 11.5 Å². The van der Waals surface area contributed by atoms with Gasteiger partial charge in [-0.2, -0.15) is 0 Å². The van der Waals surface area contributed by atoms with Crippen LogP contribution in [0.2, 0.25) is 0 Å². The van der Waals surface area contributed by atoms with E-state index in [9.17, 15) is 4.39 Å². The largest absolute Gasteiger partial charge is 0.310 e. The molecule has 21 heavy (non-hydrogen) atoms. The molecule has 2 aromatic heterocycles. The number of fused-ring (bicyclic) bond motifs is 1. The smallest absolute Gasteiger partial charge is 0.178 e. The number of rotatable bonds is 3. The highest BCUT2D eigenvalue weighted by molar-refractivity contribution is 5.49. The molecule has 5 heteroatoms. The fourth-order valence-corrected chi connectivity index (χ4v) is 2.80. The minimum Gasteiger partial charge on any atom is -0.310 e. The maximum absolute atomic E-state index is 13.0. The van der Waals surface area contributed by atoms with Crippen molar-refractivity contribution in [2.75, 3.05) is 6.54 Å². The van der Waals surface area contributed by atoms with Crippen LogP contribution in [-0.2, 0) is 6.42 Å². The zero-order chi connectivity index (χ0) is 14.7. The van der Waals surface area contributed by atoms with Gasteiger partial charge >= 0.3 is 0 Å². The van der Waals surface area contributed by atoms with Gasteiger partial charge in [0.25, 0.3) is 0 Å². The summed E-state index contributed by atoms with van der Waals surface area (Å²) in [6, 6.07) is 3.34. The summed E-state index contributed by atoms with van der Waals surface area (Å²) in [5.74, 6) is 0.228. The van der Waals surface area contributed by atoms with Crippen LogP contribution in [0.4, 0.5) is 4.39 Å². The van der Waals surface area contributed by atoms with E-state index in [-0.39, 0.29) is 5.82 Å². The quantitative estimate of drug-likeness (QED) is 0.881. The molecule has 0 radical (unpaired) electrons. The number of nitrogens with one attached hydrogen (secondary N) is 1. The third-order valence-electron chi connectivity index (χ3n) is 3.84. The summed E-state index contributed by atoms with van der Waals surface area (Å²) in [7, 11) is 0. The number of aryl methyl sites for hydroxylation is 1. The molecule has 0 amide bonds. The Labute approximate surface area is 123 Å². The van der Waals surface area contributed by atoms with Gasteiger partial charge in [0.15, 0.2) is 5.82 Å². The van der Waals surface area contributed by atoms with E-state index in [1.807, 2.05) is 6.20 Å². The molecule has 4 nitrogen and oxygen atoms in total. The van der Waals surface area contributed by atoms with Crippen molar-refractivity contribution < 1.29 is 4.39 Å². The Hall–Kier alpha value is -1.88. The molecule has 1 atom stereocenters. The second-order valence-corrected chi connectivity index (χ2v) is 5.31. The van der Waals surface area contributed by atoms with Gasteiger partial charge in [-0.25, -0.2) is 19.3 Å². The van der Waals surface area contributed by atoms with Gasteiger partial charge in [0.1, 0.15) is 11.5 Å². The van der Waals surface area contributed by atoms with Gasteiger partial charge in [-0.15, -0.1) is 0 Å². The number of pyridine rings is 1. The van der Waals surface area contributed by atoms with Crippen LogP contribution in [0.1, 0.15) is 43.5 Å². The third kappa shape index (κ3) is 3.08. The molecule has 1 aliphatic carbocycles. The fraction of sp³-hybridized carbons (Fsp3) is 0.438. The van der Waals surface area contributed by atoms with Crippen molar-refractivity contribution in [1.29, 1.82) is 0 Å². The van der Waals surface area contributed by atoms with Crippen LogP contribution in [0.3, 0.4) is 0 Å². The van der Waals surface area contributed by atoms with Gasteiger partial charge in [-0.3, -0.25) is 0 Å². The number of aromatic nitrogens is 3. The van der Waals surface area contributed by atoms with Crippen LogP contribution in [0, 0.1) is 5.82 Å². The first kappa shape index (κ1) is 14.1. The minimum absolute atomic E-state index is 0.336. The molecule has 1 unspecified atom stereocenters. The van der Waals surface area contributed by atoms with Crippen molar-refractivity contribution in [2.24, 2.45) is 0 Å². The fourth-order valence-electron chi connectivity index (χ4n) is 2.80. The lowest BCUT2D eigenvalue weighted by molar-refractivity contribution is 0.502. The molecule has 1 N–H and O–H groups in total. The Morgan fingerprint density at radius 3 is 2.90 bits per heavy atom. The van der Waals surface area contributed by atoms with Gasteiger partial charge in [-0.1, -0.05) is 13.3 Å². The van der Waals surface area contributed by atoms with Crippen molar-refractivity contribution in [3.05, 3.63) is 41.6 Å². The Kier molecular flexibility index (Phi) is 4.20. The number of nitrogens with zero attached hydrogens (tertiary/aromatic N) is 3. The molecule has 0 fully saturated rings. The summed E-state index contributed by atoms with van der Waals surface area (Å²) in [5, 5.41) is 3.50. The van der Waals surface area contributed by atoms with E-state index < -0.39 is 0 Å². The van der Waals surface area contributed by atoms with Gasteiger partial charge in [0.05, 0.1) is 6.20 Å². The Balaban J connectivity index is 1.96. The molecule has 3 rings (SSSR count). The van der Waals surface area contributed by atoms with E-state index in [4.69, 9.17) is 0 Å². The molecule has 110 valence electrons. The Morgan fingerprint density at radius 2 is 2.14 bits per heavy atom. The molecule has 0 spiro atoms. The van der Waals surface area contributed by atoms with Crippen molar-refractivity contribution >= 4 is 0 Å². The topological polar surface area (TPSA) is 50.7 Å². The van der Waals surface area contributed by atoms with E-state index in [1.165, 1.54) is 24.2 Å². The van der Waals surface area contributed by atoms with Crippen LogP contribution >= 0.6 is 0 Å². The van der Waals surface area contributed by atoms with Crippen molar-refractivity contribution in [2.45, 2.75) is 38.6 Å². The van der Waals surface area contributed by atoms with Gasteiger partial charge < -0.3 is 5.32 Å². The lowest BCUT2D eigenvalue weighted by atomic mass is 10.0. The highest BCUT2D eigenvalue weighted by Gasteiger charge is 2.20. The van der Waals surface area contributed by atoms with Crippen LogP contribution < -0.4 is 5.32 Å². The average molecular weight is 286 g/mol. The molecule has 0 bridgehead atoms. The second-order valence-electron chi connectivity index (χ2n) is 5.31. The lowest BCUT2D eigenvalue weighted by Gasteiger charge is -2.17. The molecule has 1 aliphatic rings. The van der Waals surface area contributed by atoms with Crippen molar-refractivity contribution in [3.63, 3.8) is 0 Å². The molecule has 0 aromatic carbocycles. The predicted octanol–water partition coefficient (Wildman–Crippen LogP) is 3.05. The molecular weight excluding hydrogens is 267 g/mol. The van der Waals surface area contributed by atoms with E-state index in [1.54, 1.807) is 6.07 Å². The van der Waals surface area contributed by atoms with Gasteiger partial charge in [0, 0.05) is 23.5 Å². The van der Waals surface area contributed by atoms with Crippen LogP contribution in [0.15, 0.2) is 24.5 Å². The summed E-state index contributed by atoms with van der Waals surface area (Å²) < 4.78 is 13.0. The number of hydrogen-bond donors (Lipinski definition) is 1. The number of hydrogen-bond acceptors (Lipinski definition) is 4. The lowest BCUT2D eigenvalue weighted by Crippen LogP contribution is -2.21. The molecule has 2 aromatic rings. The summed E-state index contributed by atoms with van der Waals surface area (Å²) in [4.78, 5) is 13.2. The molecule has 0 saturated carbocycles. The maximum Gasteiger partial charge on any atom is 0.178 e. The Morgan fingerprint density at radius 1 is 1.24 bits per heavy atom. The SMILES string of the molecule is CCNC1CCCCc2nc(-c3ccc(F)cn3)ncc21. The highest BCUT2D eigenvalue weighted by Crippen LogP contribution is 2.28. The minimum atomic E-state index is -0.347. The summed E-state index contributed by atoms with van der Waals surface area (Å²) in [6.45, 7) is 3.05. The first-order valence-electron chi connectivity index (χ1n) is 7.49. The monoisotopic (exact) mass is 286 g/mol. The molecular formula is C16H19FN4. The van der Waals surface area contributed by atoms with Gasteiger partial charge in [0.2, 0.25) is 0 Å². The average Bonchev–Trinajstić information content (AvgIpc) is 2.70. The zero-order valence-corrected chi connectivity index (χ0v) is 12.1. The summed E-state index contributed by atoms with van der Waals surface area (Å²) in [5.41, 5.74) is 2.90. The standard InChI is InChI=1S/C16H19FN4/c1-2-18-13-5-3-4-6-14-12(13)10-20-16(21-14)15-8-7-11(17)9-19-15/h7-10,13,18H,2-6H2,1H3. The van der Waals surface area contributed by atoms with Gasteiger partial charge in [-0.05, 0) is 37.9 Å². The highest BCUT2D eigenvalue weighted by atomic mass is 19.1. The first-order valence-corrected chi connectivity index (χ1v) is 7.49. The van der Waals surface area contributed by atoms with E-state index in [0.717, 1.165) is 31.5 Å². The summed E-state index contributed by atoms with van der Waals surface area (Å²) in [6.07, 6.45) is 7.53. The first-order chi connectivity index (χ1) is 10.3. The predicted molar refractivity (Wildman–Crippen MR) is 79.2 cm³/mol. The third-order valence-corrected chi connectivity index (χ3v) is 3.84. The Bertz CT molecular complexity index is 612.